The van der Waals surface area contributed by atoms with Gasteiger partial charge in [0, 0.05) is 6.21 Å². The van der Waals surface area contributed by atoms with E-state index in [1.54, 1.807) is 6.21 Å². The first-order valence-corrected chi connectivity index (χ1v) is 4.29. The van der Waals surface area contributed by atoms with E-state index in [1.165, 1.54) is 0 Å². The summed E-state index contributed by atoms with van der Waals surface area (Å²) >= 11 is 4.72. The highest BCUT2D eigenvalue weighted by Gasteiger charge is 1.94. The molecule has 0 aliphatic rings. The Morgan fingerprint density at radius 2 is 2.07 bits per heavy atom. The maximum atomic E-state index is 10.4. The third-order valence-electron chi connectivity index (χ3n) is 1.36. The minimum atomic E-state index is -0.708. The Hall–Kier alpha value is -1.75. The number of hydrogen-bond donors (Lipinski definition) is 2. The van der Waals surface area contributed by atoms with Gasteiger partial charge < -0.3 is 5.73 Å². The summed E-state index contributed by atoms with van der Waals surface area (Å²) in [5.74, 6) is 0. The van der Waals surface area contributed by atoms with Crippen molar-refractivity contribution in [1.29, 1.82) is 0 Å². The van der Waals surface area contributed by atoms with Crippen molar-refractivity contribution in [3.63, 3.8) is 0 Å². The van der Waals surface area contributed by atoms with Gasteiger partial charge in [-0.2, -0.15) is 0 Å². The Labute approximate surface area is 86.8 Å². The van der Waals surface area contributed by atoms with Crippen LogP contribution in [0.3, 0.4) is 0 Å². The molecule has 0 bridgehead atoms. The van der Waals surface area contributed by atoms with Gasteiger partial charge in [0.2, 0.25) is 5.11 Å². The van der Waals surface area contributed by atoms with Crippen molar-refractivity contribution < 1.29 is 4.79 Å². The maximum Gasteiger partial charge on any atom is 0.318 e. The van der Waals surface area contributed by atoms with Crippen LogP contribution >= 0.6 is 12.2 Å². The molecule has 0 fully saturated rings. The van der Waals surface area contributed by atoms with Gasteiger partial charge in [-0.1, -0.05) is 30.3 Å². The van der Waals surface area contributed by atoms with E-state index in [0.29, 0.717) is 0 Å². The third-order valence-corrected chi connectivity index (χ3v) is 1.57. The van der Waals surface area contributed by atoms with Gasteiger partial charge in [0.05, 0.1) is 0 Å². The van der Waals surface area contributed by atoms with Crippen LogP contribution < -0.4 is 11.1 Å². The van der Waals surface area contributed by atoms with Crippen molar-refractivity contribution in [2.24, 2.45) is 10.7 Å². The molecule has 14 heavy (non-hydrogen) atoms. The molecule has 1 aromatic rings. The Kier molecular flexibility index (Phi) is 3.75. The fourth-order valence-corrected chi connectivity index (χ4v) is 0.963. The molecule has 5 heteroatoms. The average Bonchev–Trinajstić information content (AvgIpc) is 2.15. The van der Waals surface area contributed by atoms with E-state index in [0.717, 1.165) is 5.56 Å². The SMILES string of the molecule is NC(=O)NC(=S)N=Cc1ccccc1. The molecular weight excluding hydrogens is 198 g/mol. The highest BCUT2D eigenvalue weighted by molar-refractivity contribution is 7.80. The van der Waals surface area contributed by atoms with Gasteiger partial charge in [-0.15, -0.1) is 0 Å². The number of nitrogens with two attached hydrogens (primary N) is 1. The number of thiocarbonyl (C=S) groups is 1. The van der Waals surface area contributed by atoms with Gasteiger partial charge in [-0.3, -0.25) is 5.32 Å². The van der Waals surface area contributed by atoms with Gasteiger partial charge in [0.1, 0.15) is 0 Å². The fourth-order valence-electron chi connectivity index (χ4n) is 0.810. The number of benzene rings is 1. The zero-order valence-electron chi connectivity index (χ0n) is 7.31. The van der Waals surface area contributed by atoms with Crippen molar-refractivity contribution in [3.05, 3.63) is 35.9 Å². The van der Waals surface area contributed by atoms with Crippen LogP contribution in [-0.4, -0.2) is 17.4 Å². The summed E-state index contributed by atoms with van der Waals surface area (Å²) in [5.41, 5.74) is 5.75. The Bertz CT molecular complexity index is 362. The molecule has 0 spiro atoms. The van der Waals surface area contributed by atoms with Crippen LogP contribution in [0, 0.1) is 0 Å². The van der Waals surface area contributed by atoms with Crippen LogP contribution in [0.15, 0.2) is 35.3 Å². The minimum absolute atomic E-state index is 0.0568. The smallest absolute Gasteiger partial charge is 0.318 e. The van der Waals surface area contributed by atoms with Crippen LogP contribution in [0.2, 0.25) is 0 Å². The molecule has 3 N–H and O–H groups in total. The maximum absolute atomic E-state index is 10.4. The molecule has 0 heterocycles. The first-order chi connectivity index (χ1) is 6.68. The largest absolute Gasteiger partial charge is 0.351 e. The van der Waals surface area contributed by atoms with Gasteiger partial charge >= 0.3 is 6.03 Å². The molecule has 0 unspecified atom stereocenters. The number of rotatable bonds is 1. The highest BCUT2D eigenvalue weighted by atomic mass is 32.1. The van der Waals surface area contributed by atoms with Gasteiger partial charge in [0.25, 0.3) is 0 Å². The molecule has 0 aromatic heterocycles. The molecule has 0 saturated heterocycles. The van der Waals surface area contributed by atoms with Crippen molar-refractivity contribution >= 4 is 29.6 Å². The van der Waals surface area contributed by atoms with Gasteiger partial charge in [-0.25, -0.2) is 9.79 Å². The van der Waals surface area contributed by atoms with Crippen LogP contribution in [0.4, 0.5) is 4.79 Å². The summed E-state index contributed by atoms with van der Waals surface area (Å²) in [6.45, 7) is 0. The van der Waals surface area contributed by atoms with Crippen LogP contribution in [0.1, 0.15) is 5.56 Å². The van der Waals surface area contributed by atoms with E-state index in [2.05, 4.69) is 10.3 Å². The summed E-state index contributed by atoms with van der Waals surface area (Å²) < 4.78 is 0. The molecule has 0 radical (unpaired) electrons. The van der Waals surface area contributed by atoms with Gasteiger partial charge in [0.15, 0.2) is 0 Å². The molecule has 4 nitrogen and oxygen atoms in total. The summed E-state index contributed by atoms with van der Waals surface area (Å²) in [7, 11) is 0. The van der Waals surface area contributed by atoms with E-state index < -0.39 is 6.03 Å². The zero-order chi connectivity index (χ0) is 10.4. The lowest BCUT2D eigenvalue weighted by molar-refractivity contribution is 0.253. The average molecular weight is 207 g/mol. The highest BCUT2D eigenvalue weighted by Crippen LogP contribution is 1.93. The second-order valence-corrected chi connectivity index (χ2v) is 2.85. The van der Waals surface area contributed by atoms with Crippen molar-refractivity contribution in [2.45, 2.75) is 0 Å². The summed E-state index contributed by atoms with van der Waals surface area (Å²) in [6.07, 6.45) is 1.55. The predicted molar refractivity (Wildman–Crippen MR) is 59.4 cm³/mol. The molecular formula is C9H9N3OS. The number of primary amides is 1. The van der Waals surface area contributed by atoms with Crippen molar-refractivity contribution in [3.8, 4) is 0 Å². The van der Waals surface area contributed by atoms with Crippen molar-refractivity contribution in [2.75, 3.05) is 0 Å². The lowest BCUT2D eigenvalue weighted by Gasteiger charge is -1.96. The van der Waals surface area contributed by atoms with Crippen molar-refractivity contribution in [1.82, 2.24) is 5.32 Å². The number of carbonyl (C=O) groups is 1. The number of nitrogens with zero attached hydrogens (tertiary/aromatic N) is 1. The van der Waals surface area contributed by atoms with Crippen LogP contribution in [-0.2, 0) is 0 Å². The summed E-state index contributed by atoms with van der Waals surface area (Å²) in [4.78, 5) is 14.2. The van der Waals surface area contributed by atoms with E-state index in [4.69, 9.17) is 18.0 Å². The molecule has 1 rings (SSSR count). The Morgan fingerprint density at radius 1 is 1.43 bits per heavy atom. The topological polar surface area (TPSA) is 67.5 Å². The monoisotopic (exact) mass is 207 g/mol. The van der Waals surface area contributed by atoms with Crippen LogP contribution in [0.25, 0.3) is 0 Å². The number of urea groups is 1. The van der Waals surface area contributed by atoms with E-state index in [1.807, 2.05) is 30.3 Å². The second-order valence-electron chi connectivity index (χ2n) is 2.46. The van der Waals surface area contributed by atoms with E-state index >= 15 is 0 Å². The molecule has 0 atom stereocenters. The Balaban J connectivity index is 2.56. The Morgan fingerprint density at radius 3 is 2.64 bits per heavy atom. The first-order valence-electron chi connectivity index (χ1n) is 3.88. The molecule has 0 aliphatic carbocycles. The lowest BCUT2D eigenvalue weighted by atomic mass is 10.2. The number of aliphatic imine (C=N–C) groups is 1. The van der Waals surface area contributed by atoms with Crippen LogP contribution in [0.5, 0.6) is 0 Å². The quantitative estimate of drug-likeness (QED) is 0.534. The molecule has 0 saturated carbocycles. The summed E-state index contributed by atoms with van der Waals surface area (Å²) in [5, 5.41) is 2.24. The number of amides is 2. The fraction of sp³-hybridized carbons (Fsp3) is 0. The number of nitrogens with one attached hydrogen (secondary N) is 1. The molecule has 0 aliphatic heterocycles. The molecule has 72 valence electrons. The number of carbonyl (C=O) groups excluding carboxylic acids is 1. The van der Waals surface area contributed by atoms with E-state index in [-0.39, 0.29) is 5.11 Å². The van der Waals surface area contributed by atoms with E-state index in [9.17, 15) is 4.79 Å². The standard InChI is InChI=1S/C9H9N3OS/c10-8(13)12-9(14)11-6-7-4-2-1-3-5-7/h1-6H,(H3,10,12,13,14). The third kappa shape index (κ3) is 3.77. The summed E-state index contributed by atoms with van der Waals surface area (Å²) in [6, 6.07) is 8.70. The minimum Gasteiger partial charge on any atom is -0.351 e. The molecule has 1 aromatic carbocycles. The molecule has 2 amide bonds. The first kappa shape index (κ1) is 10.3. The second kappa shape index (κ2) is 5.08. The van der Waals surface area contributed by atoms with Gasteiger partial charge in [-0.05, 0) is 17.8 Å². The zero-order valence-corrected chi connectivity index (χ0v) is 8.12. The normalized spacial score (nSPS) is 10.0. The predicted octanol–water partition coefficient (Wildman–Crippen LogP) is 1.06. The lowest BCUT2D eigenvalue weighted by Crippen LogP contribution is -2.32. The number of hydrogen-bond acceptors (Lipinski definition) is 2.